The summed E-state index contributed by atoms with van der Waals surface area (Å²) in [5.74, 6) is 1.85. The molecule has 1 aliphatic carbocycles. The van der Waals surface area contributed by atoms with Crippen LogP contribution >= 0.6 is 0 Å². The van der Waals surface area contributed by atoms with Gasteiger partial charge in [0.15, 0.2) is 0 Å². The van der Waals surface area contributed by atoms with E-state index in [-0.39, 0.29) is 0 Å². The molecule has 1 unspecified atom stereocenters. The van der Waals surface area contributed by atoms with Crippen molar-refractivity contribution in [2.75, 3.05) is 5.32 Å². The molecule has 2 heteroatoms. The molecule has 0 spiro atoms. The first-order valence-corrected chi connectivity index (χ1v) is 5.68. The lowest BCUT2D eigenvalue weighted by molar-refractivity contribution is 0.590. The average Bonchev–Trinajstić information content (AvgIpc) is 3.09. The lowest BCUT2D eigenvalue weighted by Crippen LogP contribution is -2.22. The van der Waals surface area contributed by atoms with Gasteiger partial charge in [-0.05, 0) is 43.7 Å². The fourth-order valence-electron chi connectivity index (χ4n) is 1.86. The second-order valence-corrected chi connectivity index (χ2v) is 4.17. The Morgan fingerprint density at radius 1 is 1.53 bits per heavy atom. The van der Waals surface area contributed by atoms with E-state index in [0.717, 1.165) is 18.2 Å². The number of anilines is 1. The third kappa shape index (κ3) is 3.08. The van der Waals surface area contributed by atoms with Crippen molar-refractivity contribution in [3.05, 3.63) is 37.1 Å². The van der Waals surface area contributed by atoms with Crippen LogP contribution in [0, 0.1) is 5.92 Å². The van der Waals surface area contributed by atoms with Gasteiger partial charge in [0.05, 0.1) is 0 Å². The zero-order chi connectivity index (χ0) is 10.5. The van der Waals surface area contributed by atoms with Crippen LogP contribution in [0.4, 0.5) is 5.82 Å². The lowest BCUT2D eigenvalue weighted by Gasteiger charge is -2.17. The largest absolute Gasteiger partial charge is 0.367 e. The van der Waals surface area contributed by atoms with Gasteiger partial charge in [-0.2, -0.15) is 0 Å². The summed E-state index contributed by atoms with van der Waals surface area (Å²) < 4.78 is 0. The van der Waals surface area contributed by atoms with Crippen LogP contribution in [0.25, 0.3) is 0 Å². The van der Waals surface area contributed by atoms with Crippen molar-refractivity contribution >= 4 is 5.82 Å². The normalized spacial score (nSPS) is 17.1. The fraction of sp³-hybridized carbons (Fsp3) is 0.462. The Kier molecular flexibility index (Phi) is 3.38. The summed E-state index contributed by atoms with van der Waals surface area (Å²) in [6, 6.07) is 6.58. The number of aromatic nitrogens is 1. The first-order chi connectivity index (χ1) is 7.40. The zero-order valence-electron chi connectivity index (χ0n) is 9.02. The minimum absolute atomic E-state index is 0.581. The molecule has 2 rings (SSSR count). The molecule has 1 N–H and O–H groups in total. The van der Waals surface area contributed by atoms with Gasteiger partial charge in [-0.3, -0.25) is 0 Å². The van der Waals surface area contributed by atoms with Crippen molar-refractivity contribution in [3.63, 3.8) is 0 Å². The maximum absolute atomic E-state index is 4.30. The summed E-state index contributed by atoms with van der Waals surface area (Å²) in [5, 5.41) is 3.52. The Balaban J connectivity index is 1.91. The molecule has 0 radical (unpaired) electrons. The van der Waals surface area contributed by atoms with Gasteiger partial charge < -0.3 is 5.32 Å². The highest BCUT2D eigenvalue weighted by Gasteiger charge is 2.30. The SMILES string of the molecule is C=CCCC(Nc1ccccn1)C1CC1. The van der Waals surface area contributed by atoms with Gasteiger partial charge in [-0.25, -0.2) is 4.98 Å². The molecule has 1 fully saturated rings. The number of rotatable bonds is 6. The van der Waals surface area contributed by atoms with Crippen LogP contribution in [-0.2, 0) is 0 Å². The predicted octanol–water partition coefficient (Wildman–Crippen LogP) is 3.24. The van der Waals surface area contributed by atoms with Crippen molar-refractivity contribution in [1.29, 1.82) is 0 Å². The Morgan fingerprint density at radius 3 is 3.00 bits per heavy atom. The van der Waals surface area contributed by atoms with E-state index in [1.54, 1.807) is 0 Å². The maximum Gasteiger partial charge on any atom is 0.126 e. The van der Waals surface area contributed by atoms with E-state index >= 15 is 0 Å². The third-order valence-corrected chi connectivity index (χ3v) is 2.87. The molecule has 1 atom stereocenters. The van der Waals surface area contributed by atoms with E-state index in [0.29, 0.717) is 6.04 Å². The van der Waals surface area contributed by atoms with Gasteiger partial charge in [0, 0.05) is 12.2 Å². The van der Waals surface area contributed by atoms with Gasteiger partial charge in [-0.15, -0.1) is 6.58 Å². The molecule has 1 aromatic heterocycles. The van der Waals surface area contributed by atoms with Gasteiger partial charge >= 0.3 is 0 Å². The number of hydrogen-bond acceptors (Lipinski definition) is 2. The topological polar surface area (TPSA) is 24.9 Å². The quantitative estimate of drug-likeness (QED) is 0.716. The maximum atomic E-state index is 4.30. The molecule has 0 bridgehead atoms. The molecular weight excluding hydrogens is 184 g/mol. The number of pyridine rings is 1. The van der Waals surface area contributed by atoms with Gasteiger partial charge in [0.25, 0.3) is 0 Å². The Labute approximate surface area is 91.4 Å². The molecule has 1 heterocycles. The van der Waals surface area contributed by atoms with E-state index in [9.17, 15) is 0 Å². The number of hydrogen-bond donors (Lipinski definition) is 1. The second kappa shape index (κ2) is 4.96. The smallest absolute Gasteiger partial charge is 0.126 e. The molecule has 0 amide bonds. The summed E-state index contributed by atoms with van der Waals surface area (Å²) >= 11 is 0. The molecule has 1 aliphatic rings. The van der Waals surface area contributed by atoms with Gasteiger partial charge in [0.1, 0.15) is 5.82 Å². The summed E-state index contributed by atoms with van der Waals surface area (Å²) in [6.45, 7) is 3.78. The second-order valence-electron chi connectivity index (χ2n) is 4.17. The van der Waals surface area contributed by atoms with Gasteiger partial charge in [0.2, 0.25) is 0 Å². The minimum Gasteiger partial charge on any atom is -0.367 e. The monoisotopic (exact) mass is 202 g/mol. The Morgan fingerprint density at radius 2 is 2.40 bits per heavy atom. The van der Waals surface area contributed by atoms with E-state index in [2.05, 4.69) is 16.9 Å². The number of nitrogens with zero attached hydrogens (tertiary/aromatic N) is 1. The summed E-state index contributed by atoms with van der Waals surface area (Å²) in [7, 11) is 0. The highest BCUT2D eigenvalue weighted by molar-refractivity contribution is 5.35. The van der Waals surface area contributed by atoms with E-state index in [4.69, 9.17) is 0 Å². The third-order valence-electron chi connectivity index (χ3n) is 2.87. The molecular formula is C13H18N2. The molecule has 15 heavy (non-hydrogen) atoms. The standard InChI is InChI=1S/C13H18N2/c1-2-3-6-12(11-8-9-11)15-13-7-4-5-10-14-13/h2,4-5,7,10-12H,1,3,6,8-9H2,(H,14,15). The van der Waals surface area contributed by atoms with Crippen molar-refractivity contribution in [2.45, 2.75) is 31.7 Å². The molecule has 2 nitrogen and oxygen atoms in total. The average molecular weight is 202 g/mol. The lowest BCUT2D eigenvalue weighted by atomic mass is 10.1. The van der Waals surface area contributed by atoms with Crippen LogP contribution in [-0.4, -0.2) is 11.0 Å². The summed E-state index contributed by atoms with van der Waals surface area (Å²) in [6.07, 6.45) is 8.81. The van der Waals surface area contributed by atoms with Crippen LogP contribution in [0.2, 0.25) is 0 Å². The molecule has 1 saturated carbocycles. The summed E-state index contributed by atoms with van der Waals surface area (Å²) in [4.78, 5) is 4.30. The van der Waals surface area contributed by atoms with Crippen LogP contribution in [0.15, 0.2) is 37.1 Å². The van der Waals surface area contributed by atoms with Crippen LogP contribution in [0.1, 0.15) is 25.7 Å². The molecule has 80 valence electrons. The molecule has 0 saturated heterocycles. The number of allylic oxidation sites excluding steroid dienone is 1. The first kappa shape index (κ1) is 10.2. The highest BCUT2D eigenvalue weighted by atomic mass is 15.0. The summed E-state index contributed by atoms with van der Waals surface area (Å²) in [5.41, 5.74) is 0. The number of nitrogens with one attached hydrogen (secondary N) is 1. The van der Waals surface area contributed by atoms with Crippen LogP contribution in [0.3, 0.4) is 0 Å². The molecule has 1 aromatic rings. The van der Waals surface area contributed by atoms with Crippen LogP contribution in [0.5, 0.6) is 0 Å². The van der Waals surface area contributed by atoms with E-state index in [1.807, 2.05) is 30.5 Å². The van der Waals surface area contributed by atoms with Gasteiger partial charge in [-0.1, -0.05) is 12.1 Å². The van der Waals surface area contributed by atoms with E-state index < -0.39 is 0 Å². The first-order valence-electron chi connectivity index (χ1n) is 5.68. The molecule has 0 aromatic carbocycles. The minimum atomic E-state index is 0.581. The predicted molar refractivity (Wildman–Crippen MR) is 63.8 cm³/mol. The Hall–Kier alpha value is -1.31. The van der Waals surface area contributed by atoms with Crippen molar-refractivity contribution < 1.29 is 0 Å². The van der Waals surface area contributed by atoms with Crippen molar-refractivity contribution in [3.8, 4) is 0 Å². The molecule has 0 aliphatic heterocycles. The fourth-order valence-corrected chi connectivity index (χ4v) is 1.86. The highest BCUT2D eigenvalue weighted by Crippen LogP contribution is 2.35. The van der Waals surface area contributed by atoms with Crippen molar-refractivity contribution in [1.82, 2.24) is 4.98 Å². The zero-order valence-corrected chi connectivity index (χ0v) is 9.02. The van der Waals surface area contributed by atoms with Crippen molar-refractivity contribution in [2.24, 2.45) is 5.92 Å². The van der Waals surface area contributed by atoms with E-state index in [1.165, 1.54) is 19.3 Å². The van der Waals surface area contributed by atoms with Crippen LogP contribution < -0.4 is 5.32 Å². The Bertz CT molecular complexity index is 304.